The van der Waals surface area contributed by atoms with Crippen molar-refractivity contribution in [2.75, 3.05) is 37.6 Å². The number of hydrogen-bond donors (Lipinski definition) is 1. The highest BCUT2D eigenvalue weighted by Crippen LogP contribution is 2.22. The SMILES string of the molecule is CC(=O)c1ccc(N2CCN(C(=O)CC3CCCN3)CC2)c(F)c1.Cl.Cl. The Balaban J connectivity index is 0.00000169. The van der Waals surface area contributed by atoms with Crippen molar-refractivity contribution in [2.24, 2.45) is 0 Å². The molecule has 0 saturated carbocycles. The lowest BCUT2D eigenvalue weighted by molar-refractivity contribution is -0.131. The van der Waals surface area contributed by atoms with Gasteiger partial charge in [-0.2, -0.15) is 0 Å². The van der Waals surface area contributed by atoms with Gasteiger partial charge in [0.05, 0.1) is 5.69 Å². The number of rotatable bonds is 4. The molecule has 1 aromatic carbocycles. The fourth-order valence-corrected chi connectivity index (χ4v) is 3.45. The van der Waals surface area contributed by atoms with Crippen molar-refractivity contribution in [3.05, 3.63) is 29.6 Å². The molecule has 1 N–H and O–H groups in total. The third-order valence-electron chi connectivity index (χ3n) is 4.91. The van der Waals surface area contributed by atoms with E-state index in [0.717, 1.165) is 19.4 Å². The van der Waals surface area contributed by atoms with E-state index in [2.05, 4.69) is 5.32 Å². The molecule has 1 aromatic rings. The Morgan fingerprint density at radius 3 is 2.42 bits per heavy atom. The average molecular weight is 406 g/mol. The van der Waals surface area contributed by atoms with Crippen LogP contribution in [0.3, 0.4) is 0 Å². The summed E-state index contributed by atoms with van der Waals surface area (Å²) in [5.41, 5.74) is 0.888. The van der Waals surface area contributed by atoms with Gasteiger partial charge in [0.25, 0.3) is 0 Å². The smallest absolute Gasteiger partial charge is 0.224 e. The lowest BCUT2D eigenvalue weighted by atomic mass is 10.1. The Hall–Kier alpha value is -1.37. The van der Waals surface area contributed by atoms with Gasteiger partial charge in [0.15, 0.2) is 5.78 Å². The summed E-state index contributed by atoms with van der Waals surface area (Å²) in [5.74, 6) is -0.338. The molecule has 2 aliphatic rings. The first-order chi connectivity index (χ1) is 11.5. The largest absolute Gasteiger partial charge is 0.366 e. The van der Waals surface area contributed by atoms with Crippen LogP contribution >= 0.6 is 24.8 Å². The fraction of sp³-hybridized carbons (Fsp3) is 0.556. The molecule has 3 rings (SSSR count). The summed E-state index contributed by atoms with van der Waals surface area (Å²) in [6.07, 6.45) is 2.77. The fourth-order valence-electron chi connectivity index (χ4n) is 3.45. The zero-order valence-electron chi connectivity index (χ0n) is 14.9. The number of anilines is 1. The third kappa shape index (κ3) is 5.32. The Labute approximate surface area is 166 Å². The van der Waals surface area contributed by atoms with Gasteiger partial charge < -0.3 is 15.1 Å². The quantitative estimate of drug-likeness (QED) is 0.782. The predicted molar refractivity (Wildman–Crippen MR) is 105 cm³/mol. The van der Waals surface area contributed by atoms with Gasteiger partial charge in [0, 0.05) is 44.2 Å². The van der Waals surface area contributed by atoms with E-state index in [1.807, 2.05) is 9.80 Å². The van der Waals surface area contributed by atoms with Gasteiger partial charge in [-0.3, -0.25) is 9.59 Å². The summed E-state index contributed by atoms with van der Waals surface area (Å²) in [4.78, 5) is 27.5. The van der Waals surface area contributed by atoms with Gasteiger partial charge in [0.1, 0.15) is 5.82 Å². The number of hydrogen-bond acceptors (Lipinski definition) is 4. The Bertz CT molecular complexity index is 631. The molecule has 1 amide bonds. The first-order valence-corrected chi connectivity index (χ1v) is 8.61. The Morgan fingerprint density at radius 1 is 1.19 bits per heavy atom. The number of amides is 1. The molecule has 0 aromatic heterocycles. The van der Waals surface area contributed by atoms with E-state index >= 15 is 0 Å². The second-order valence-corrected chi connectivity index (χ2v) is 6.59. The number of benzene rings is 1. The van der Waals surface area contributed by atoms with Crippen LogP contribution < -0.4 is 10.2 Å². The van der Waals surface area contributed by atoms with E-state index in [-0.39, 0.29) is 42.3 Å². The standard InChI is InChI=1S/C18H24FN3O2.2ClH/c1-13(23)14-4-5-17(16(19)11-14)21-7-9-22(10-8-21)18(24)12-15-3-2-6-20-15;;/h4-5,11,15,20H,2-3,6-10,12H2,1H3;2*1H. The van der Waals surface area contributed by atoms with Crippen LogP contribution in [0, 0.1) is 5.82 Å². The molecule has 8 heteroatoms. The second kappa shape index (κ2) is 10.1. The number of carbonyl (C=O) groups excluding carboxylic acids is 2. The molecule has 1 unspecified atom stereocenters. The third-order valence-corrected chi connectivity index (χ3v) is 4.91. The summed E-state index contributed by atoms with van der Waals surface area (Å²) in [6, 6.07) is 4.92. The summed E-state index contributed by atoms with van der Waals surface area (Å²) < 4.78 is 14.2. The molecule has 2 fully saturated rings. The van der Waals surface area contributed by atoms with Gasteiger partial charge in [-0.25, -0.2) is 4.39 Å². The summed E-state index contributed by atoms with van der Waals surface area (Å²) >= 11 is 0. The summed E-state index contributed by atoms with van der Waals surface area (Å²) in [5, 5.41) is 3.35. The van der Waals surface area contributed by atoms with E-state index in [0.29, 0.717) is 49.9 Å². The Morgan fingerprint density at radius 2 is 1.88 bits per heavy atom. The molecule has 26 heavy (non-hydrogen) atoms. The van der Waals surface area contributed by atoms with E-state index in [4.69, 9.17) is 0 Å². The molecule has 1 atom stereocenters. The minimum Gasteiger partial charge on any atom is -0.366 e. The zero-order chi connectivity index (χ0) is 17.1. The monoisotopic (exact) mass is 405 g/mol. The number of ketones is 1. The molecule has 0 bridgehead atoms. The number of carbonyl (C=O) groups is 2. The van der Waals surface area contributed by atoms with Crippen LogP contribution in [-0.4, -0.2) is 55.4 Å². The van der Waals surface area contributed by atoms with Crippen molar-refractivity contribution >= 4 is 42.2 Å². The van der Waals surface area contributed by atoms with Gasteiger partial charge in [-0.05, 0) is 44.5 Å². The first kappa shape index (κ1) is 22.7. The molecule has 5 nitrogen and oxygen atoms in total. The van der Waals surface area contributed by atoms with Gasteiger partial charge in [-0.1, -0.05) is 0 Å². The van der Waals surface area contributed by atoms with E-state index < -0.39 is 0 Å². The summed E-state index contributed by atoms with van der Waals surface area (Å²) in [6.45, 7) is 4.87. The molecule has 2 aliphatic heterocycles. The predicted octanol–water partition coefficient (Wildman–Crippen LogP) is 2.66. The van der Waals surface area contributed by atoms with Crippen LogP contribution in [0.15, 0.2) is 18.2 Å². The lowest BCUT2D eigenvalue weighted by Crippen LogP contribution is -2.50. The maximum absolute atomic E-state index is 14.2. The maximum Gasteiger partial charge on any atom is 0.224 e. The van der Waals surface area contributed by atoms with Crippen LogP contribution in [0.2, 0.25) is 0 Å². The van der Waals surface area contributed by atoms with Crippen molar-refractivity contribution in [3.8, 4) is 0 Å². The van der Waals surface area contributed by atoms with E-state index in [1.165, 1.54) is 13.0 Å². The van der Waals surface area contributed by atoms with E-state index in [9.17, 15) is 14.0 Å². The van der Waals surface area contributed by atoms with Crippen molar-refractivity contribution in [2.45, 2.75) is 32.2 Å². The molecular weight excluding hydrogens is 380 g/mol. The average Bonchev–Trinajstić information content (AvgIpc) is 3.08. The molecule has 0 spiro atoms. The lowest BCUT2D eigenvalue weighted by Gasteiger charge is -2.36. The summed E-state index contributed by atoms with van der Waals surface area (Å²) in [7, 11) is 0. The zero-order valence-corrected chi connectivity index (χ0v) is 16.5. The molecule has 0 aliphatic carbocycles. The first-order valence-electron chi connectivity index (χ1n) is 8.61. The van der Waals surface area contributed by atoms with Crippen LogP contribution in [-0.2, 0) is 4.79 Å². The second-order valence-electron chi connectivity index (χ2n) is 6.59. The number of halogens is 3. The molecule has 146 valence electrons. The topological polar surface area (TPSA) is 52.7 Å². The van der Waals surface area contributed by atoms with Gasteiger partial charge in [-0.15, -0.1) is 24.8 Å². The number of nitrogens with one attached hydrogen (secondary N) is 1. The van der Waals surface area contributed by atoms with Crippen molar-refractivity contribution in [1.29, 1.82) is 0 Å². The minimum absolute atomic E-state index is 0. The molecule has 2 heterocycles. The highest BCUT2D eigenvalue weighted by Gasteiger charge is 2.26. The van der Waals surface area contributed by atoms with Crippen LogP contribution in [0.1, 0.15) is 36.5 Å². The molecular formula is C18H26Cl2FN3O2. The van der Waals surface area contributed by atoms with Crippen molar-refractivity contribution in [3.63, 3.8) is 0 Å². The number of Topliss-reactive ketones (excluding diaryl/α,β-unsaturated/α-hetero) is 1. The maximum atomic E-state index is 14.2. The van der Waals surface area contributed by atoms with E-state index in [1.54, 1.807) is 12.1 Å². The number of nitrogens with zero attached hydrogens (tertiary/aromatic N) is 2. The van der Waals surface area contributed by atoms with Crippen LogP contribution in [0.5, 0.6) is 0 Å². The van der Waals surface area contributed by atoms with Crippen LogP contribution in [0.4, 0.5) is 10.1 Å². The molecule has 0 radical (unpaired) electrons. The van der Waals surface area contributed by atoms with Crippen LogP contribution in [0.25, 0.3) is 0 Å². The normalized spacial score (nSPS) is 19.5. The Kier molecular flexibility index (Phi) is 8.80. The van der Waals surface area contributed by atoms with Gasteiger partial charge in [0.2, 0.25) is 5.91 Å². The van der Waals surface area contributed by atoms with Crippen molar-refractivity contribution in [1.82, 2.24) is 10.2 Å². The number of piperazine rings is 1. The van der Waals surface area contributed by atoms with Gasteiger partial charge >= 0.3 is 0 Å². The highest BCUT2D eigenvalue weighted by molar-refractivity contribution is 5.94. The minimum atomic E-state index is -0.377. The highest BCUT2D eigenvalue weighted by atomic mass is 35.5. The molecule has 2 saturated heterocycles. The van der Waals surface area contributed by atoms with Crippen molar-refractivity contribution < 1.29 is 14.0 Å².